The predicted octanol–water partition coefficient (Wildman–Crippen LogP) is 2.96. The topological polar surface area (TPSA) is 80.1 Å². The van der Waals surface area contributed by atoms with Gasteiger partial charge in [0, 0.05) is 42.7 Å². The summed E-state index contributed by atoms with van der Waals surface area (Å²) in [6.45, 7) is 1.97. The Hall–Kier alpha value is -3.45. The minimum Gasteiger partial charge on any atom is -0.345 e. The van der Waals surface area contributed by atoms with E-state index in [4.69, 9.17) is 11.6 Å². The average Bonchev–Trinajstić information content (AvgIpc) is 3.05. The van der Waals surface area contributed by atoms with Crippen molar-refractivity contribution < 1.29 is 9.59 Å². The first-order valence-corrected chi connectivity index (χ1v) is 10.4. The van der Waals surface area contributed by atoms with E-state index < -0.39 is 0 Å². The highest BCUT2D eigenvalue weighted by Crippen LogP contribution is 2.13. The van der Waals surface area contributed by atoms with E-state index in [0.29, 0.717) is 42.5 Å². The summed E-state index contributed by atoms with van der Waals surface area (Å²) in [4.78, 5) is 26.7. The second-order valence-corrected chi connectivity index (χ2v) is 7.63. The van der Waals surface area contributed by atoms with Gasteiger partial charge in [0.15, 0.2) is 5.82 Å². The monoisotopic (exact) mass is 435 g/mol. The molecular weight excluding hydrogens is 414 g/mol. The molecule has 0 bridgehead atoms. The summed E-state index contributed by atoms with van der Waals surface area (Å²) in [7, 11) is 0. The Kier molecular flexibility index (Phi) is 6.43. The predicted molar refractivity (Wildman–Crippen MR) is 118 cm³/mol. The molecule has 2 aromatic carbocycles. The fourth-order valence-corrected chi connectivity index (χ4v) is 3.67. The van der Waals surface area contributed by atoms with Crippen LogP contribution in [0.15, 0.2) is 60.7 Å². The summed E-state index contributed by atoms with van der Waals surface area (Å²) in [5.74, 6) is 1.29. The number of amides is 2. The Morgan fingerprint density at radius 2 is 1.87 bits per heavy atom. The molecule has 2 heterocycles. The summed E-state index contributed by atoms with van der Waals surface area (Å²) in [6, 6.07) is 16.4. The van der Waals surface area contributed by atoms with Crippen molar-refractivity contribution in [2.24, 2.45) is 0 Å². The Balaban J connectivity index is 1.36. The normalized spacial score (nSPS) is 13.6. The number of nitrogens with one attached hydrogen (secondary N) is 1. The van der Waals surface area contributed by atoms with Crippen LogP contribution in [0, 0.1) is 0 Å². The van der Waals surface area contributed by atoms with E-state index in [1.807, 2.05) is 41.0 Å². The van der Waals surface area contributed by atoms with E-state index in [1.165, 1.54) is 0 Å². The average molecular weight is 436 g/mol. The Bertz CT molecular complexity index is 1110. The van der Waals surface area contributed by atoms with Crippen LogP contribution in [0.4, 0.5) is 0 Å². The molecular formula is C23H22ClN5O2. The summed E-state index contributed by atoms with van der Waals surface area (Å²) >= 11 is 5.99. The third-order valence-corrected chi connectivity index (χ3v) is 5.36. The van der Waals surface area contributed by atoms with Gasteiger partial charge in [-0.3, -0.25) is 9.59 Å². The highest BCUT2D eigenvalue weighted by Gasteiger charge is 2.21. The van der Waals surface area contributed by atoms with E-state index in [1.54, 1.807) is 35.3 Å². The van der Waals surface area contributed by atoms with Gasteiger partial charge in [0.2, 0.25) is 5.91 Å². The van der Waals surface area contributed by atoms with Crippen molar-refractivity contribution in [2.75, 3.05) is 13.1 Å². The number of nitrogens with zero attached hydrogens (tertiary/aromatic N) is 4. The van der Waals surface area contributed by atoms with Crippen LogP contribution in [0.3, 0.4) is 0 Å². The molecule has 0 spiro atoms. The highest BCUT2D eigenvalue weighted by atomic mass is 35.5. The lowest BCUT2D eigenvalue weighted by Crippen LogP contribution is -2.32. The molecule has 1 aliphatic heterocycles. The van der Waals surface area contributed by atoms with Gasteiger partial charge >= 0.3 is 0 Å². The van der Waals surface area contributed by atoms with E-state index in [2.05, 4.69) is 15.5 Å². The Morgan fingerprint density at radius 3 is 2.68 bits per heavy atom. The molecule has 1 aromatic heterocycles. The third-order valence-electron chi connectivity index (χ3n) is 5.12. The third kappa shape index (κ3) is 5.19. The molecule has 8 heteroatoms. The summed E-state index contributed by atoms with van der Waals surface area (Å²) < 4.78 is 1.99. The molecule has 2 amide bonds. The van der Waals surface area contributed by atoms with Crippen molar-refractivity contribution in [3.05, 3.63) is 88.5 Å². The molecule has 1 N–H and O–H groups in total. The van der Waals surface area contributed by atoms with Gasteiger partial charge in [-0.25, -0.2) is 0 Å². The fourth-order valence-electron chi connectivity index (χ4n) is 3.47. The van der Waals surface area contributed by atoms with Gasteiger partial charge < -0.3 is 14.8 Å². The number of hydrogen-bond acceptors (Lipinski definition) is 4. The van der Waals surface area contributed by atoms with Crippen molar-refractivity contribution in [3.8, 4) is 0 Å². The summed E-state index contributed by atoms with van der Waals surface area (Å²) in [5.41, 5.74) is 1.48. The van der Waals surface area contributed by atoms with Gasteiger partial charge in [0.1, 0.15) is 5.82 Å². The Labute approximate surface area is 185 Å². The lowest BCUT2D eigenvalue weighted by atomic mass is 10.2. The van der Waals surface area contributed by atoms with Crippen LogP contribution in [0.2, 0.25) is 5.02 Å². The molecule has 0 fully saturated rings. The molecule has 1 aliphatic rings. The van der Waals surface area contributed by atoms with Crippen LogP contribution < -0.4 is 5.32 Å². The SMILES string of the molecule is O=C(NCc1nnc2n1CCN(C(=O)C=Cc1cccc(Cl)c1)CC2)c1ccccc1. The Morgan fingerprint density at radius 1 is 1.03 bits per heavy atom. The molecule has 0 unspecified atom stereocenters. The molecule has 7 nitrogen and oxygen atoms in total. The first-order chi connectivity index (χ1) is 15.1. The lowest BCUT2D eigenvalue weighted by Gasteiger charge is -2.18. The summed E-state index contributed by atoms with van der Waals surface area (Å²) in [5, 5.41) is 12.0. The van der Waals surface area contributed by atoms with Crippen LogP contribution in [0.5, 0.6) is 0 Å². The minimum absolute atomic E-state index is 0.0578. The van der Waals surface area contributed by atoms with Gasteiger partial charge in [-0.05, 0) is 35.9 Å². The number of fused-ring (bicyclic) bond motifs is 1. The number of aromatic nitrogens is 3. The number of rotatable bonds is 5. The van der Waals surface area contributed by atoms with E-state index >= 15 is 0 Å². The molecule has 31 heavy (non-hydrogen) atoms. The molecule has 0 atom stereocenters. The largest absolute Gasteiger partial charge is 0.345 e. The maximum Gasteiger partial charge on any atom is 0.251 e. The van der Waals surface area contributed by atoms with Gasteiger partial charge in [-0.2, -0.15) is 0 Å². The van der Waals surface area contributed by atoms with E-state index in [0.717, 1.165) is 11.4 Å². The van der Waals surface area contributed by atoms with Gasteiger partial charge in [-0.1, -0.05) is 41.9 Å². The van der Waals surface area contributed by atoms with Crippen LogP contribution >= 0.6 is 11.6 Å². The van der Waals surface area contributed by atoms with Crippen molar-refractivity contribution >= 4 is 29.5 Å². The number of carbonyl (C=O) groups excluding carboxylic acids is 2. The molecule has 0 aliphatic carbocycles. The highest BCUT2D eigenvalue weighted by molar-refractivity contribution is 6.30. The second kappa shape index (κ2) is 9.57. The van der Waals surface area contributed by atoms with Gasteiger partial charge in [0.05, 0.1) is 6.54 Å². The first-order valence-electron chi connectivity index (χ1n) is 10.1. The molecule has 0 saturated heterocycles. The first kappa shape index (κ1) is 20.8. The maximum absolute atomic E-state index is 12.6. The zero-order chi connectivity index (χ0) is 21.6. The summed E-state index contributed by atoms with van der Waals surface area (Å²) in [6.07, 6.45) is 3.94. The van der Waals surface area contributed by atoms with Crippen molar-refractivity contribution in [3.63, 3.8) is 0 Å². The minimum atomic E-state index is -0.158. The maximum atomic E-state index is 12.6. The fraction of sp³-hybridized carbons (Fsp3) is 0.217. The van der Waals surface area contributed by atoms with Gasteiger partial charge in [0.25, 0.3) is 5.91 Å². The van der Waals surface area contributed by atoms with Crippen LogP contribution in [0.25, 0.3) is 6.08 Å². The van der Waals surface area contributed by atoms with Crippen LogP contribution in [-0.2, 0) is 24.3 Å². The number of halogens is 1. The second-order valence-electron chi connectivity index (χ2n) is 7.20. The number of benzene rings is 2. The zero-order valence-electron chi connectivity index (χ0n) is 16.9. The van der Waals surface area contributed by atoms with Crippen molar-refractivity contribution in [1.82, 2.24) is 25.0 Å². The molecule has 0 radical (unpaired) electrons. The van der Waals surface area contributed by atoms with E-state index in [-0.39, 0.29) is 18.4 Å². The van der Waals surface area contributed by atoms with Crippen LogP contribution in [-0.4, -0.2) is 44.6 Å². The molecule has 3 aromatic rings. The van der Waals surface area contributed by atoms with Crippen molar-refractivity contribution in [1.29, 1.82) is 0 Å². The molecule has 4 rings (SSSR count). The van der Waals surface area contributed by atoms with Gasteiger partial charge in [-0.15, -0.1) is 10.2 Å². The zero-order valence-corrected chi connectivity index (χ0v) is 17.6. The molecule has 158 valence electrons. The van der Waals surface area contributed by atoms with Crippen molar-refractivity contribution in [2.45, 2.75) is 19.5 Å². The lowest BCUT2D eigenvalue weighted by molar-refractivity contribution is -0.125. The number of carbonyl (C=O) groups is 2. The number of hydrogen-bond donors (Lipinski definition) is 1. The standard InChI is InChI=1S/C23H22ClN5O2/c24-19-8-4-5-17(15-19)9-10-22(30)28-12-11-20-26-27-21(29(20)14-13-28)16-25-23(31)18-6-2-1-3-7-18/h1-10,15H,11-14,16H2,(H,25,31). The van der Waals surface area contributed by atoms with E-state index in [9.17, 15) is 9.59 Å². The quantitative estimate of drug-likeness (QED) is 0.625. The van der Waals surface area contributed by atoms with Crippen LogP contribution in [0.1, 0.15) is 27.6 Å². The smallest absolute Gasteiger partial charge is 0.251 e. The molecule has 0 saturated carbocycles.